The van der Waals surface area contributed by atoms with Crippen LogP contribution in [-0.2, 0) is 4.79 Å². The van der Waals surface area contributed by atoms with Gasteiger partial charge in [0, 0.05) is 12.7 Å². The number of amides is 2. The molecule has 0 bridgehead atoms. The van der Waals surface area contributed by atoms with E-state index in [0.717, 1.165) is 12.8 Å². The number of urea groups is 1. The van der Waals surface area contributed by atoms with Gasteiger partial charge in [-0.05, 0) is 24.6 Å². The van der Waals surface area contributed by atoms with Crippen molar-refractivity contribution >= 4 is 17.7 Å². The predicted octanol–water partition coefficient (Wildman–Crippen LogP) is 2.35. The number of hydrogen-bond donors (Lipinski definition) is 2. The lowest BCUT2D eigenvalue weighted by atomic mass is 10.1. The molecule has 112 valence electrons. The van der Waals surface area contributed by atoms with Crippen LogP contribution in [0, 0.1) is 11.3 Å². The first kappa shape index (κ1) is 16.5. The van der Waals surface area contributed by atoms with Crippen LogP contribution in [0.5, 0.6) is 0 Å². The normalized spacial score (nSPS) is 11.3. The first-order chi connectivity index (χ1) is 9.99. The molecule has 0 aliphatic heterocycles. The van der Waals surface area contributed by atoms with Crippen molar-refractivity contribution in [2.75, 3.05) is 11.9 Å². The van der Waals surface area contributed by atoms with Gasteiger partial charge in [0.1, 0.15) is 6.04 Å². The third-order valence-corrected chi connectivity index (χ3v) is 3.11. The Hall–Kier alpha value is -2.55. The fourth-order valence-electron chi connectivity index (χ4n) is 1.81. The summed E-state index contributed by atoms with van der Waals surface area (Å²) in [5.74, 6) is -1.05. The molecule has 0 saturated carbocycles. The maximum Gasteiger partial charge on any atom is 0.326 e. The molecular formula is C15H19N3O3. The van der Waals surface area contributed by atoms with Gasteiger partial charge in [-0.3, -0.25) is 4.90 Å². The molecule has 1 unspecified atom stereocenters. The summed E-state index contributed by atoms with van der Waals surface area (Å²) < 4.78 is 0. The molecule has 0 aliphatic rings. The van der Waals surface area contributed by atoms with E-state index >= 15 is 0 Å². The third kappa shape index (κ3) is 4.80. The number of anilines is 1. The third-order valence-electron chi connectivity index (χ3n) is 3.11. The van der Waals surface area contributed by atoms with Crippen molar-refractivity contribution in [2.24, 2.45) is 0 Å². The van der Waals surface area contributed by atoms with Crippen LogP contribution in [0.2, 0.25) is 0 Å². The van der Waals surface area contributed by atoms with E-state index in [1.54, 1.807) is 24.3 Å². The number of nitrogens with zero attached hydrogens (tertiary/aromatic N) is 2. The fraction of sp³-hybridized carbons (Fsp3) is 0.400. The summed E-state index contributed by atoms with van der Waals surface area (Å²) in [6, 6.07) is 7.15. The van der Waals surface area contributed by atoms with E-state index in [2.05, 4.69) is 5.32 Å². The minimum atomic E-state index is -1.05. The largest absolute Gasteiger partial charge is 0.480 e. The van der Waals surface area contributed by atoms with Gasteiger partial charge in [-0.2, -0.15) is 5.26 Å². The van der Waals surface area contributed by atoms with E-state index in [1.165, 1.54) is 11.9 Å². The Morgan fingerprint density at radius 3 is 2.76 bits per heavy atom. The van der Waals surface area contributed by atoms with Crippen molar-refractivity contribution < 1.29 is 14.7 Å². The number of carboxylic acid groups (broad SMARTS) is 1. The molecule has 0 fully saturated rings. The molecule has 0 aliphatic carbocycles. The number of unbranched alkanes of at least 4 members (excludes halogenated alkanes) is 1. The number of carbonyl (C=O) groups is 2. The fourth-order valence-corrected chi connectivity index (χ4v) is 1.81. The van der Waals surface area contributed by atoms with Crippen molar-refractivity contribution in [1.29, 1.82) is 5.26 Å². The van der Waals surface area contributed by atoms with Crippen LogP contribution in [0.25, 0.3) is 0 Å². The molecule has 21 heavy (non-hydrogen) atoms. The molecule has 1 atom stereocenters. The van der Waals surface area contributed by atoms with Gasteiger partial charge in [0.2, 0.25) is 0 Å². The van der Waals surface area contributed by atoms with Gasteiger partial charge in [-0.15, -0.1) is 0 Å². The van der Waals surface area contributed by atoms with Crippen LogP contribution in [-0.4, -0.2) is 30.2 Å². The minimum Gasteiger partial charge on any atom is -0.480 e. The van der Waals surface area contributed by atoms with Gasteiger partial charge in [0.05, 0.1) is 11.6 Å². The van der Waals surface area contributed by atoms with Crippen molar-refractivity contribution in [1.82, 2.24) is 5.32 Å². The zero-order valence-corrected chi connectivity index (χ0v) is 12.2. The maximum atomic E-state index is 12.1. The van der Waals surface area contributed by atoms with Crippen molar-refractivity contribution in [3.8, 4) is 6.07 Å². The summed E-state index contributed by atoms with van der Waals surface area (Å²) >= 11 is 0. The van der Waals surface area contributed by atoms with Crippen molar-refractivity contribution in [3.05, 3.63) is 29.8 Å². The first-order valence-corrected chi connectivity index (χ1v) is 6.76. The number of hydrogen-bond acceptors (Lipinski definition) is 3. The number of rotatable bonds is 6. The van der Waals surface area contributed by atoms with Crippen LogP contribution in [0.3, 0.4) is 0 Å². The standard InChI is InChI=1S/C15H19N3O3/c1-3-4-8-13(14(19)20)17-15(21)18(2)12-7-5-6-11(9-12)10-16/h5-7,9,13H,3-4,8H2,1-2H3,(H,17,21)(H,19,20). The highest BCUT2D eigenvalue weighted by Crippen LogP contribution is 2.14. The lowest BCUT2D eigenvalue weighted by molar-refractivity contribution is -0.139. The predicted molar refractivity (Wildman–Crippen MR) is 79.0 cm³/mol. The zero-order chi connectivity index (χ0) is 15.8. The maximum absolute atomic E-state index is 12.1. The summed E-state index contributed by atoms with van der Waals surface area (Å²) in [6.07, 6.45) is 1.98. The van der Waals surface area contributed by atoms with Gasteiger partial charge in [-0.1, -0.05) is 25.8 Å². The molecule has 0 spiro atoms. The molecule has 1 rings (SSSR count). The number of nitriles is 1. The molecule has 2 amide bonds. The number of carbonyl (C=O) groups excluding carboxylic acids is 1. The summed E-state index contributed by atoms with van der Waals surface area (Å²) in [4.78, 5) is 24.5. The van der Waals surface area contributed by atoms with Crippen molar-refractivity contribution in [3.63, 3.8) is 0 Å². The molecule has 0 saturated heterocycles. The molecule has 6 heteroatoms. The molecule has 1 aromatic carbocycles. The van der Waals surface area contributed by atoms with Gasteiger partial charge < -0.3 is 10.4 Å². The number of benzene rings is 1. The first-order valence-electron chi connectivity index (χ1n) is 6.76. The number of nitrogens with one attached hydrogen (secondary N) is 1. The zero-order valence-electron chi connectivity index (χ0n) is 12.2. The Morgan fingerprint density at radius 2 is 2.19 bits per heavy atom. The van der Waals surface area contributed by atoms with Gasteiger partial charge in [-0.25, -0.2) is 9.59 Å². The highest BCUT2D eigenvalue weighted by molar-refractivity contribution is 5.94. The second-order valence-electron chi connectivity index (χ2n) is 4.70. The lowest BCUT2D eigenvalue weighted by Gasteiger charge is -2.21. The number of carboxylic acids is 1. The van der Waals surface area contributed by atoms with E-state index in [1.807, 2.05) is 13.0 Å². The molecule has 2 N–H and O–H groups in total. The van der Waals surface area contributed by atoms with Gasteiger partial charge in [0.15, 0.2) is 0 Å². The lowest BCUT2D eigenvalue weighted by Crippen LogP contribution is -2.46. The quantitative estimate of drug-likeness (QED) is 0.840. The monoisotopic (exact) mass is 289 g/mol. The Morgan fingerprint density at radius 1 is 1.48 bits per heavy atom. The second-order valence-corrected chi connectivity index (χ2v) is 4.70. The molecule has 0 radical (unpaired) electrons. The highest BCUT2D eigenvalue weighted by atomic mass is 16.4. The van der Waals surface area contributed by atoms with Crippen molar-refractivity contribution in [2.45, 2.75) is 32.2 Å². The second kappa shape index (κ2) is 7.90. The van der Waals surface area contributed by atoms with Crippen LogP contribution >= 0.6 is 0 Å². The van der Waals surface area contributed by atoms with Gasteiger partial charge in [0.25, 0.3) is 0 Å². The SMILES string of the molecule is CCCCC(NC(=O)N(C)c1cccc(C#N)c1)C(=O)O. The Labute approximate surface area is 124 Å². The smallest absolute Gasteiger partial charge is 0.326 e. The summed E-state index contributed by atoms with van der Waals surface area (Å²) in [5.41, 5.74) is 0.971. The Balaban J connectivity index is 2.76. The van der Waals surface area contributed by atoms with E-state index in [9.17, 15) is 9.59 Å². The number of aliphatic carboxylic acids is 1. The van der Waals surface area contributed by atoms with Crippen LogP contribution < -0.4 is 10.2 Å². The van der Waals surface area contributed by atoms with E-state index in [0.29, 0.717) is 17.7 Å². The van der Waals surface area contributed by atoms with E-state index < -0.39 is 18.0 Å². The Kier molecular flexibility index (Phi) is 6.21. The summed E-state index contributed by atoms with van der Waals surface area (Å²) in [7, 11) is 1.53. The highest BCUT2D eigenvalue weighted by Gasteiger charge is 2.21. The molecule has 0 heterocycles. The topological polar surface area (TPSA) is 93.4 Å². The summed E-state index contributed by atoms with van der Waals surface area (Å²) in [5, 5.41) is 20.4. The van der Waals surface area contributed by atoms with Gasteiger partial charge >= 0.3 is 12.0 Å². The average Bonchev–Trinajstić information content (AvgIpc) is 2.50. The molecular weight excluding hydrogens is 270 g/mol. The van der Waals surface area contributed by atoms with Crippen LogP contribution in [0.1, 0.15) is 31.7 Å². The molecule has 0 aromatic heterocycles. The summed E-state index contributed by atoms with van der Waals surface area (Å²) in [6.45, 7) is 1.96. The minimum absolute atomic E-state index is 0.393. The molecule has 1 aromatic rings. The Bertz CT molecular complexity index is 551. The van der Waals surface area contributed by atoms with Crippen LogP contribution in [0.15, 0.2) is 24.3 Å². The average molecular weight is 289 g/mol. The van der Waals surface area contributed by atoms with E-state index in [4.69, 9.17) is 10.4 Å². The van der Waals surface area contributed by atoms with E-state index in [-0.39, 0.29) is 0 Å². The molecule has 6 nitrogen and oxygen atoms in total. The van der Waals surface area contributed by atoms with Crippen LogP contribution in [0.4, 0.5) is 10.5 Å².